The van der Waals surface area contributed by atoms with E-state index in [0.717, 1.165) is 25.9 Å². The molecule has 2 heteroatoms. The summed E-state index contributed by atoms with van der Waals surface area (Å²) in [6, 6.07) is 8.53. The van der Waals surface area contributed by atoms with Crippen molar-refractivity contribution in [2.75, 3.05) is 6.54 Å². The SMILES string of the molecule is O=C(CC1CCCCC1)N1CCc2ccccc2C1. The average molecular weight is 257 g/mol. The Labute approximate surface area is 115 Å². The van der Waals surface area contributed by atoms with Crippen LogP contribution in [0.3, 0.4) is 0 Å². The molecule has 2 aliphatic rings. The Morgan fingerprint density at radius 1 is 1.11 bits per heavy atom. The van der Waals surface area contributed by atoms with E-state index in [-0.39, 0.29) is 0 Å². The number of amides is 1. The maximum atomic E-state index is 12.4. The molecule has 0 N–H and O–H groups in total. The van der Waals surface area contributed by atoms with E-state index in [1.807, 2.05) is 0 Å². The normalized spacial score (nSPS) is 20.1. The van der Waals surface area contributed by atoms with Crippen LogP contribution < -0.4 is 0 Å². The second-order valence-corrected chi connectivity index (χ2v) is 6.04. The second kappa shape index (κ2) is 5.77. The number of rotatable bonds is 2. The summed E-state index contributed by atoms with van der Waals surface area (Å²) in [4.78, 5) is 14.5. The van der Waals surface area contributed by atoms with Crippen LogP contribution in [0.25, 0.3) is 0 Å². The summed E-state index contributed by atoms with van der Waals surface area (Å²) >= 11 is 0. The van der Waals surface area contributed by atoms with Crippen molar-refractivity contribution in [3.05, 3.63) is 35.4 Å². The van der Waals surface area contributed by atoms with Crippen molar-refractivity contribution < 1.29 is 4.79 Å². The van der Waals surface area contributed by atoms with Gasteiger partial charge >= 0.3 is 0 Å². The van der Waals surface area contributed by atoms with Crippen LogP contribution in [-0.2, 0) is 17.8 Å². The fourth-order valence-electron chi connectivity index (χ4n) is 3.48. The molecule has 0 bridgehead atoms. The van der Waals surface area contributed by atoms with Crippen LogP contribution in [0.2, 0.25) is 0 Å². The number of nitrogens with zero attached hydrogens (tertiary/aromatic N) is 1. The summed E-state index contributed by atoms with van der Waals surface area (Å²) in [6.45, 7) is 1.73. The predicted octanol–water partition coefficient (Wildman–Crippen LogP) is 3.54. The molecular formula is C17H23NO. The van der Waals surface area contributed by atoms with Crippen molar-refractivity contribution in [2.45, 2.75) is 51.5 Å². The van der Waals surface area contributed by atoms with Gasteiger partial charge in [-0.05, 0) is 36.3 Å². The van der Waals surface area contributed by atoms with Crippen molar-refractivity contribution in [1.29, 1.82) is 0 Å². The van der Waals surface area contributed by atoms with E-state index in [4.69, 9.17) is 0 Å². The third-order valence-corrected chi connectivity index (χ3v) is 4.67. The van der Waals surface area contributed by atoms with Gasteiger partial charge in [0.05, 0.1) is 0 Å². The van der Waals surface area contributed by atoms with Crippen LogP contribution in [0.15, 0.2) is 24.3 Å². The number of hydrogen-bond acceptors (Lipinski definition) is 1. The van der Waals surface area contributed by atoms with Crippen LogP contribution in [0.1, 0.15) is 49.7 Å². The Hall–Kier alpha value is -1.31. The highest BCUT2D eigenvalue weighted by Crippen LogP contribution is 2.28. The summed E-state index contributed by atoms with van der Waals surface area (Å²) in [5.41, 5.74) is 2.76. The zero-order valence-electron chi connectivity index (χ0n) is 11.6. The molecule has 1 aromatic carbocycles. The maximum Gasteiger partial charge on any atom is 0.223 e. The second-order valence-electron chi connectivity index (χ2n) is 6.04. The lowest BCUT2D eigenvalue weighted by molar-refractivity contribution is -0.133. The summed E-state index contributed by atoms with van der Waals surface area (Å²) in [5, 5.41) is 0. The molecule has 1 aromatic rings. The first-order chi connectivity index (χ1) is 9.33. The van der Waals surface area contributed by atoms with Crippen molar-refractivity contribution in [3.63, 3.8) is 0 Å². The van der Waals surface area contributed by atoms with Crippen molar-refractivity contribution in [3.8, 4) is 0 Å². The molecule has 0 unspecified atom stereocenters. The van der Waals surface area contributed by atoms with Gasteiger partial charge in [0.15, 0.2) is 0 Å². The lowest BCUT2D eigenvalue weighted by Gasteiger charge is -2.31. The van der Waals surface area contributed by atoms with Crippen molar-refractivity contribution in [1.82, 2.24) is 4.90 Å². The van der Waals surface area contributed by atoms with Gasteiger partial charge in [-0.3, -0.25) is 4.79 Å². The molecule has 0 saturated heterocycles. The fourth-order valence-corrected chi connectivity index (χ4v) is 3.48. The van der Waals surface area contributed by atoms with Crippen LogP contribution in [0.4, 0.5) is 0 Å². The number of benzene rings is 1. The van der Waals surface area contributed by atoms with E-state index >= 15 is 0 Å². The maximum absolute atomic E-state index is 12.4. The molecule has 1 amide bonds. The molecular weight excluding hydrogens is 234 g/mol. The molecule has 3 rings (SSSR count). The summed E-state index contributed by atoms with van der Waals surface area (Å²) < 4.78 is 0. The van der Waals surface area contributed by atoms with Gasteiger partial charge in [0.2, 0.25) is 5.91 Å². The van der Waals surface area contributed by atoms with E-state index < -0.39 is 0 Å². The van der Waals surface area contributed by atoms with E-state index in [1.165, 1.54) is 43.2 Å². The molecule has 1 fully saturated rings. The molecule has 0 atom stereocenters. The van der Waals surface area contributed by atoms with Gasteiger partial charge in [0.25, 0.3) is 0 Å². The minimum atomic E-state index is 0.376. The quantitative estimate of drug-likeness (QED) is 0.793. The Morgan fingerprint density at radius 2 is 1.84 bits per heavy atom. The Bertz CT molecular complexity index is 448. The molecule has 19 heavy (non-hydrogen) atoms. The summed E-state index contributed by atoms with van der Waals surface area (Å²) in [6.07, 6.45) is 8.32. The molecule has 1 heterocycles. The van der Waals surface area contributed by atoms with Crippen molar-refractivity contribution >= 4 is 5.91 Å². The largest absolute Gasteiger partial charge is 0.338 e. The first-order valence-corrected chi connectivity index (χ1v) is 7.67. The Morgan fingerprint density at radius 3 is 2.63 bits per heavy atom. The lowest BCUT2D eigenvalue weighted by atomic mass is 9.86. The zero-order valence-corrected chi connectivity index (χ0v) is 11.6. The monoisotopic (exact) mass is 257 g/mol. The first-order valence-electron chi connectivity index (χ1n) is 7.67. The standard InChI is InChI=1S/C17H23NO/c19-17(12-14-6-2-1-3-7-14)18-11-10-15-8-4-5-9-16(15)13-18/h4-5,8-9,14H,1-3,6-7,10-13H2. The molecule has 1 aliphatic carbocycles. The third-order valence-electron chi connectivity index (χ3n) is 4.67. The van der Waals surface area contributed by atoms with Gasteiger partial charge in [-0.1, -0.05) is 43.5 Å². The zero-order chi connectivity index (χ0) is 13.1. The molecule has 0 spiro atoms. The van der Waals surface area contributed by atoms with Crippen LogP contribution in [0, 0.1) is 5.92 Å². The first kappa shape index (κ1) is 12.7. The van der Waals surface area contributed by atoms with Gasteiger partial charge in [0, 0.05) is 19.5 Å². The van der Waals surface area contributed by atoms with Gasteiger partial charge < -0.3 is 4.90 Å². The number of hydrogen-bond donors (Lipinski definition) is 0. The minimum Gasteiger partial charge on any atom is -0.338 e. The lowest BCUT2D eigenvalue weighted by Crippen LogP contribution is -2.37. The number of fused-ring (bicyclic) bond motifs is 1. The smallest absolute Gasteiger partial charge is 0.223 e. The molecule has 102 valence electrons. The Kier molecular flexibility index (Phi) is 3.86. The summed E-state index contributed by atoms with van der Waals surface area (Å²) in [7, 11) is 0. The van der Waals surface area contributed by atoms with Gasteiger partial charge in [-0.2, -0.15) is 0 Å². The molecule has 1 saturated carbocycles. The van der Waals surface area contributed by atoms with Crippen LogP contribution in [-0.4, -0.2) is 17.4 Å². The fraction of sp³-hybridized carbons (Fsp3) is 0.588. The van der Waals surface area contributed by atoms with Gasteiger partial charge in [-0.15, -0.1) is 0 Å². The average Bonchev–Trinajstić information content (AvgIpc) is 2.48. The minimum absolute atomic E-state index is 0.376. The van der Waals surface area contributed by atoms with E-state index in [1.54, 1.807) is 0 Å². The molecule has 0 radical (unpaired) electrons. The van der Waals surface area contributed by atoms with Gasteiger partial charge in [-0.25, -0.2) is 0 Å². The third kappa shape index (κ3) is 2.99. The molecule has 1 aliphatic heterocycles. The topological polar surface area (TPSA) is 20.3 Å². The number of carbonyl (C=O) groups is 1. The molecule has 2 nitrogen and oxygen atoms in total. The highest BCUT2D eigenvalue weighted by molar-refractivity contribution is 5.76. The highest BCUT2D eigenvalue weighted by atomic mass is 16.2. The van der Waals surface area contributed by atoms with E-state index in [9.17, 15) is 4.79 Å². The number of carbonyl (C=O) groups excluding carboxylic acids is 1. The van der Waals surface area contributed by atoms with Crippen LogP contribution in [0.5, 0.6) is 0 Å². The van der Waals surface area contributed by atoms with Crippen LogP contribution >= 0.6 is 0 Å². The highest BCUT2D eigenvalue weighted by Gasteiger charge is 2.23. The van der Waals surface area contributed by atoms with E-state index in [0.29, 0.717) is 11.8 Å². The molecule has 0 aromatic heterocycles. The van der Waals surface area contributed by atoms with E-state index in [2.05, 4.69) is 29.2 Å². The van der Waals surface area contributed by atoms with Crippen molar-refractivity contribution in [2.24, 2.45) is 5.92 Å². The Balaban J connectivity index is 1.59. The predicted molar refractivity (Wildman–Crippen MR) is 76.8 cm³/mol. The summed E-state index contributed by atoms with van der Waals surface area (Å²) in [5.74, 6) is 1.03. The van der Waals surface area contributed by atoms with Gasteiger partial charge in [0.1, 0.15) is 0 Å².